The summed E-state index contributed by atoms with van der Waals surface area (Å²) in [5, 5.41) is 15.6. The minimum absolute atomic E-state index is 0.371. The van der Waals surface area contributed by atoms with E-state index >= 15 is 0 Å². The molecule has 0 bridgehead atoms. The van der Waals surface area contributed by atoms with E-state index in [-0.39, 0.29) is 0 Å². The molecule has 8 rings (SSSR count). The number of nitrogens with zero attached hydrogens (tertiary/aromatic N) is 3. The van der Waals surface area contributed by atoms with Crippen molar-refractivity contribution in [1.82, 2.24) is 9.13 Å². The van der Waals surface area contributed by atoms with Crippen LogP contribution in [0.2, 0.25) is 0 Å². The molecule has 0 atom stereocenters. The third-order valence-electron chi connectivity index (χ3n) is 9.91. The van der Waals surface area contributed by atoms with Crippen molar-refractivity contribution in [3.05, 3.63) is 142 Å². The second-order valence-corrected chi connectivity index (χ2v) is 13.1. The van der Waals surface area contributed by atoms with Crippen molar-refractivity contribution in [3.63, 3.8) is 0 Å². The molecule has 2 aromatic heterocycles. The summed E-state index contributed by atoms with van der Waals surface area (Å²) in [6, 6.07) is 35.0. The largest absolute Gasteiger partial charge is 0.416 e. The molecule has 0 saturated carbocycles. The summed E-state index contributed by atoms with van der Waals surface area (Å²) in [6.07, 6.45) is -4.53. The van der Waals surface area contributed by atoms with Crippen LogP contribution in [0.1, 0.15) is 38.9 Å². The van der Waals surface area contributed by atoms with E-state index in [2.05, 4.69) is 79.3 Å². The first-order chi connectivity index (χ1) is 23.5. The maximum Gasteiger partial charge on any atom is 0.416 e. The second-order valence-electron chi connectivity index (χ2n) is 13.1. The fraction of sp³-hybridized carbons (Fsp3) is 0.140. The van der Waals surface area contributed by atoms with Gasteiger partial charge < -0.3 is 9.13 Å². The number of aryl methyl sites for hydroxylation is 5. The SMILES string of the molecule is Cc1cc(-c2ccc(-n3c4cccc(C)c4c4c(C)cccc43)c(C#N)c2-n2c3cccc(C)c3c3c(C)cccc32)cc(C(F)(F)F)c1. The molecule has 6 aromatic carbocycles. The standard InChI is InChI=1S/C43H32F3N3/c1-24-20-29(22-30(21-24)43(44,45)46)31-18-19-33(48-34-14-6-10-25(2)38(34)39-26(3)11-7-15-35(39)48)32(23-47)42(31)49-36-16-8-12-27(4)40(36)41-28(5)13-9-17-37(41)49/h6-22H,1-5H3. The Labute approximate surface area is 282 Å². The van der Waals surface area contributed by atoms with Gasteiger partial charge in [-0.1, -0.05) is 60.7 Å². The molecule has 240 valence electrons. The zero-order chi connectivity index (χ0) is 34.4. The second kappa shape index (κ2) is 10.9. The van der Waals surface area contributed by atoms with Gasteiger partial charge in [0.2, 0.25) is 0 Å². The van der Waals surface area contributed by atoms with Crippen LogP contribution in [-0.4, -0.2) is 9.13 Å². The average molecular weight is 648 g/mol. The van der Waals surface area contributed by atoms with E-state index in [1.165, 1.54) is 12.1 Å². The summed E-state index contributed by atoms with van der Waals surface area (Å²) >= 11 is 0. The first kappa shape index (κ1) is 30.5. The number of hydrogen-bond acceptors (Lipinski definition) is 1. The van der Waals surface area contributed by atoms with Gasteiger partial charge in [0.15, 0.2) is 0 Å². The van der Waals surface area contributed by atoms with Gasteiger partial charge in [0.25, 0.3) is 0 Å². The molecule has 0 N–H and O–H groups in total. The number of halogens is 3. The zero-order valence-electron chi connectivity index (χ0n) is 27.8. The van der Waals surface area contributed by atoms with Crippen molar-refractivity contribution in [2.75, 3.05) is 0 Å². The highest BCUT2D eigenvalue weighted by Crippen LogP contribution is 2.44. The minimum atomic E-state index is -4.53. The highest BCUT2D eigenvalue weighted by molar-refractivity contribution is 6.14. The molecule has 0 amide bonds. The molecule has 0 unspecified atom stereocenters. The molecule has 0 saturated heterocycles. The summed E-state index contributed by atoms with van der Waals surface area (Å²) in [6.45, 7) is 10.0. The van der Waals surface area contributed by atoms with Crippen molar-refractivity contribution in [1.29, 1.82) is 5.26 Å². The molecular formula is C43H32F3N3. The van der Waals surface area contributed by atoms with Gasteiger partial charge in [-0.15, -0.1) is 0 Å². The highest BCUT2D eigenvalue weighted by atomic mass is 19.4. The monoisotopic (exact) mass is 647 g/mol. The van der Waals surface area contributed by atoms with Gasteiger partial charge in [-0.25, -0.2) is 0 Å². The van der Waals surface area contributed by atoms with Crippen molar-refractivity contribution in [3.8, 4) is 28.6 Å². The van der Waals surface area contributed by atoms with Crippen LogP contribution in [0.15, 0.2) is 103 Å². The van der Waals surface area contributed by atoms with E-state index in [1.54, 1.807) is 13.0 Å². The first-order valence-corrected chi connectivity index (χ1v) is 16.3. The number of rotatable bonds is 3. The van der Waals surface area contributed by atoms with E-state index in [0.29, 0.717) is 33.6 Å². The van der Waals surface area contributed by atoms with Crippen LogP contribution in [0.25, 0.3) is 66.1 Å². The summed E-state index contributed by atoms with van der Waals surface area (Å²) < 4.78 is 46.9. The molecule has 0 fully saturated rings. The van der Waals surface area contributed by atoms with Gasteiger partial charge >= 0.3 is 6.18 Å². The summed E-state index contributed by atoms with van der Waals surface area (Å²) in [4.78, 5) is 0. The Balaban J connectivity index is 1.60. The van der Waals surface area contributed by atoms with Crippen LogP contribution >= 0.6 is 0 Å². The maximum atomic E-state index is 14.2. The average Bonchev–Trinajstić information content (AvgIpc) is 3.59. The van der Waals surface area contributed by atoms with Crippen LogP contribution in [0.5, 0.6) is 0 Å². The van der Waals surface area contributed by atoms with Gasteiger partial charge in [0.1, 0.15) is 11.6 Å². The lowest BCUT2D eigenvalue weighted by molar-refractivity contribution is -0.137. The molecule has 3 nitrogen and oxygen atoms in total. The van der Waals surface area contributed by atoms with Crippen molar-refractivity contribution in [2.24, 2.45) is 0 Å². The molecule has 49 heavy (non-hydrogen) atoms. The molecule has 8 aromatic rings. The molecular weight excluding hydrogens is 615 g/mol. The number of alkyl halides is 3. The smallest absolute Gasteiger partial charge is 0.308 e. The minimum Gasteiger partial charge on any atom is -0.308 e. The van der Waals surface area contributed by atoms with Gasteiger partial charge in [-0.2, -0.15) is 18.4 Å². The Bertz CT molecular complexity index is 2600. The molecule has 2 heterocycles. The Morgan fingerprint density at radius 3 is 1.43 bits per heavy atom. The zero-order valence-corrected chi connectivity index (χ0v) is 27.8. The van der Waals surface area contributed by atoms with Crippen LogP contribution in [0, 0.1) is 45.9 Å². The molecule has 6 heteroatoms. The lowest BCUT2D eigenvalue weighted by atomic mass is 9.95. The Morgan fingerprint density at radius 1 is 0.551 bits per heavy atom. The van der Waals surface area contributed by atoms with E-state index in [0.717, 1.165) is 65.9 Å². The highest BCUT2D eigenvalue weighted by Gasteiger charge is 2.32. The summed E-state index contributed by atoms with van der Waals surface area (Å²) in [5.41, 5.74) is 10.4. The third-order valence-corrected chi connectivity index (χ3v) is 9.91. The van der Waals surface area contributed by atoms with Crippen molar-refractivity contribution in [2.45, 2.75) is 40.8 Å². The van der Waals surface area contributed by atoms with Crippen LogP contribution < -0.4 is 0 Å². The van der Waals surface area contributed by atoms with Crippen molar-refractivity contribution >= 4 is 43.6 Å². The van der Waals surface area contributed by atoms with E-state index in [4.69, 9.17) is 0 Å². The van der Waals surface area contributed by atoms with Gasteiger partial charge in [0, 0.05) is 27.1 Å². The Hall–Kier alpha value is -5.80. The molecule has 0 aliphatic carbocycles. The number of fused-ring (bicyclic) bond motifs is 6. The Kier molecular flexibility index (Phi) is 6.77. The maximum absolute atomic E-state index is 14.2. The van der Waals surface area contributed by atoms with E-state index in [1.807, 2.05) is 48.5 Å². The van der Waals surface area contributed by atoms with Gasteiger partial charge in [0.05, 0.1) is 39.0 Å². The normalized spacial score (nSPS) is 12.1. The fourth-order valence-corrected chi connectivity index (χ4v) is 7.86. The van der Waals surface area contributed by atoms with Crippen LogP contribution in [-0.2, 0) is 6.18 Å². The predicted molar refractivity (Wildman–Crippen MR) is 194 cm³/mol. The quantitative estimate of drug-likeness (QED) is 0.188. The Morgan fingerprint density at radius 2 is 1.00 bits per heavy atom. The lowest BCUT2D eigenvalue weighted by Crippen LogP contribution is -2.08. The van der Waals surface area contributed by atoms with Gasteiger partial charge in [-0.3, -0.25) is 0 Å². The predicted octanol–water partition coefficient (Wildman–Crippen LogP) is 12.0. The third kappa shape index (κ3) is 4.49. The van der Waals surface area contributed by atoms with Gasteiger partial charge in [-0.05, 0) is 110 Å². The number of hydrogen-bond donors (Lipinski definition) is 0. The summed E-state index contributed by atoms with van der Waals surface area (Å²) in [5.74, 6) is 0. The van der Waals surface area contributed by atoms with Crippen molar-refractivity contribution < 1.29 is 13.2 Å². The molecule has 0 aliphatic heterocycles. The summed E-state index contributed by atoms with van der Waals surface area (Å²) in [7, 11) is 0. The van der Waals surface area contributed by atoms with E-state index in [9.17, 15) is 18.4 Å². The topological polar surface area (TPSA) is 33.6 Å². The number of nitriles is 1. The molecule has 0 radical (unpaired) electrons. The fourth-order valence-electron chi connectivity index (χ4n) is 7.86. The first-order valence-electron chi connectivity index (χ1n) is 16.3. The number of benzene rings is 6. The lowest BCUT2D eigenvalue weighted by Gasteiger charge is -2.21. The number of aromatic nitrogens is 2. The molecule has 0 spiro atoms. The molecule has 0 aliphatic rings. The van der Waals surface area contributed by atoms with Crippen LogP contribution in [0.3, 0.4) is 0 Å². The van der Waals surface area contributed by atoms with E-state index < -0.39 is 11.7 Å². The van der Waals surface area contributed by atoms with Crippen LogP contribution in [0.4, 0.5) is 13.2 Å².